The van der Waals surface area contributed by atoms with E-state index in [4.69, 9.17) is 15.5 Å². The van der Waals surface area contributed by atoms with Gasteiger partial charge in [0.15, 0.2) is 0 Å². The monoisotopic (exact) mass is 251 g/mol. The SMILES string of the molecule is CC(CO)(CO)Nc1ccc(C#N)c([N+](=O)[O-])c1. The van der Waals surface area contributed by atoms with Crippen LogP contribution in [-0.4, -0.2) is 33.9 Å². The number of benzene rings is 1. The van der Waals surface area contributed by atoms with Gasteiger partial charge in [0.1, 0.15) is 11.6 Å². The molecular weight excluding hydrogens is 238 g/mol. The molecule has 0 aliphatic rings. The highest BCUT2D eigenvalue weighted by Gasteiger charge is 2.23. The minimum Gasteiger partial charge on any atom is -0.394 e. The first-order valence-corrected chi connectivity index (χ1v) is 5.14. The zero-order valence-corrected chi connectivity index (χ0v) is 9.75. The maximum absolute atomic E-state index is 10.8. The fourth-order valence-electron chi connectivity index (χ4n) is 1.33. The van der Waals surface area contributed by atoms with Crippen molar-refractivity contribution in [1.29, 1.82) is 5.26 Å². The number of aliphatic hydroxyl groups is 2. The van der Waals surface area contributed by atoms with Gasteiger partial charge in [-0.3, -0.25) is 10.1 Å². The maximum Gasteiger partial charge on any atom is 0.289 e. The molecule has 7 nitrogen and oxygen atoms in total. The third-order valence-corrected chi connectivity index (χ3v) is 2.46. The first kappa shape index (κ1) is 13.9. The third-order valence-electron chi connectivity index (χ3n) is 2.46. The molecule has 18 heavy (non-hydrogen) atoms. The van der Waals surface area contributed by atoms with Crippen molar-refractivity contribution in [2.24, 2.45) is 0 Å². The van der Waals surface area contributed by atoms with Crippen molar-refractivity contribution >= 4 is 11.4 Å². The Morgan fingerprint density at radius 1 is 1.50 bits per heavy atom. The van der Waals surface area contributed by atoms with Crippen molar-refractivity contribution in [2.75, 3.05) is 18.5 Å². The van der Waals surface area contributed by atoms with Crippen LogP contribution in [0.4, 0.5) is 11.4 Å². The molecule has 3 N–H and O–H groups in total. The second kappa shape index (κ2) is 5.44. The van der Waals surface area contributed by atoms with E-state index in [2.05, 4.69) is 5.32 Å². The molecule has 0 heterocycles. The van der Waals surface area contributed by atoms with E-state index in [-0.39, 0.29) is 24.5 Å². The fraction of sp³-hybridized carbons (Fsp3) is 0.364. The van der Waals surface area contributed by atoms with E-state index >= 15 is 0 Å². The number of rotatable bonds is 5. The van der Waals surface area contributed by atoms with Crippen LogP contribution >= 0.6 is 0 Å². The zero-order chi connectivity index (χ0) is 13.8. The quantitative estimate of drug-likeness (QED) is 0.521. The van der Waals surface area contributed by atoms with E-state index in [0.29, 0.717) is 5.69 Å². The van der Waals surface area contributed by atoms with Crippen LogP contribution in [0.15, 0.2) is 18.2 Å². The summed E-state index contributed by atoms with van der Waals surface area (Å²) in [4.78, 5) is 10.1. The minimum atomic E-state index is -0.984. The lowest BCUT2D eigenvalue weighted by atomic mass is 10.0. The first-order chi connectivity index (χ1) is 8.45. The van der Waals surface area contributed by atoms with Gasteiger partial charge >= 0.3 is 0 Å². The van der Waals surface area contributed by atoms with E-state index in [1.807, 2.05) is 0 Å². The molecule has 1 aromatic rings. The lowest BCUT2D eigenvalue weighted by Gasteiger charge is -2.27. The van der Waals surface area contributed by atoms with Crippen LogP contribution in [0.25, 0.3) is 0 Å². The van der Waals surface area contributed by atoms with Gasteiger partial charge in [0.25, 0.3) is 5.69 Å². The Kier molecular flexibility index (Phi) is 4.20. The number of nitriles is 1. The van der Waals surface area contributed by atoms with Gasteiger partial charge in [0, 0.05) is 11.8 Å². The van der Waals surface area contributed by atoms with Crippen LogP contribution < -0.4 is 5.32 Å². The summed E-state index contributed by atoms with van der Waals surface area (Å²) in [5, 5.41) is 40.5. The highest BCUT2D eigenvalue weighted by molar-refractivity contribution is 5.59. The van der Waals surface area contributed by atoms with Crippen LogP contribution in [0.2, 0.25) is 0 Å². The number of anilines is 1. The van der Waals surface area contributed by atoms with Gasteiger partial charge in [0.05, 0.1) is 23.7 Å². The van der Waals surface area contributed by atoms with Crippen molar-refractivity contribution in [3.8, 4) is 6.07 Å². The van der Waals surface area contributed by atoms with E-state index in [0.717, 1.165) is 0 Å². The van der Waals surface area contributed by atoms with Crippen LogP contribution in [0, 0.1) is 21.4 Å². The summed E-state index contributed by atoms with van der Waals surface area (Å²) < 4.78 is 0. The average Bonchev–Trinajstić information content (AvgIpc) is 2.38. The standard InChI is InChI=1S/C11H13N3O4/c1-11(6-15,7-16)13-9-3-2-8(5-12)10(4-9)14(17)18/h2-4,13,15-16H,6-7H2,1H3. The average molecular weight is 251 g/mol. The van der Waals surface area contributed by atoms with Gasteiger partial charge in [-0.15, -0.1) is 0 Å². The highest BCUT2D eigenvalue weighted by atomic mass is 16.6. The molecule has 0 amide bonds. The van der Waals surface area contributed by atoms with Crippen LogP contribution in [0.1, 0.15) is 12.5 Å². The molecule has 7 heteroatoms. The molecule has 0 aliphatic heterocycles. The van der Waals surface area contributed by atoms with Gasteiger partial charge in [-0.2, -0.15) is 5.26 Å². The Morgan fingerprint density at radius 3 is 2.56 bits per heavy atom. The second-order valence-electron chi connectivity index (χ2n) is 4.10. The zero-order valence-electron chi connectivity index (χ0n) is 9.75. The summed E-state index contributed by atoms with van der Waals surface area (Å²) in [6, 6.07) is 5.72. The Balaban J connectivity index is 3.10. The van der Waals surface area contributed by atoms with Crippen molar-refractivity contribution in [2.45, 2.75) is 12.5 Å². The Morgan fingerprint density at radius 2 is 2.11 bits per heavy atom. The number of aliphatic hydroxyl groups excluding tert-OH is 2. The molecule has 0 aliphatic carbocycles. The number of nitro benzene ring substituents is 1. The number of hydrogen-bond acceptors (Lipinski definition) is 6. The van der Waals surface area contributed by atoms with Gasteiger partial charge in [-0.05, 0) is 19.1 Å². The smallest absolute Gasteiger partial charge is 0.289 e. The van der Waals surface area contributed by atoms with Gasteiger partial charge in [-0.1, -0.05) is 0 Å². The number of nitrogens with one attached hydrogen (secondary N) is 1. The highest BCUT2D eigenvalue weighted by Crippen LogP contribution is 2.24. The van der Waals surface area contributed by atoms with Crippen molar-refractivity contribution in [3.63, 3.8) is 0 Å². The van der Waals surface area contributed by atoms with E-state index < -0.39 is 10.5 Å². The molecule has 0 unspecified atom stereocenters. The molecule has 0 atom stereocenters. The summed E-state index contributed by atoms with van der Waals surface area (Å²) in [5.74, 6) is 0. The molecule has 0 radical (unpaired) electrons. The van der Waals surface area contributed by atoms with Gasteiger partial charge in [-0.25, -0.2) is 0 Å². The van der Waals surface area contributed by atoms with Crippen molar-refractivity contribution in [1.82, 2.24) is 0 Å². The topological polar surface area (TPSA) is 119 Å². The third kappa shape index (κ3) is 2.94. The van der Waals surface area contributed by atoms with Gasteiger partial charge < -0.3 is 15.5 Å². The summed E-state index contributed by atoms with van der Waals surface area (Å²) in [5.41, 5.74) is -0.991. The largest absolute Gasteiger partial charge is 0.394 e. The molecule has 0 fully saturated rings. The Bertz CT molecular complexity index is 492. The predicted molar refractivity (Wildman–Crippen MR) is 64.0 cm³/mol. The molecule has 96 valence electrons. The minimum absolute atomic E-state index is 0.0414. The molecule has 0 saturated carbocycles. The van der Waals surface area contributed by atoms with Crippen LogP contribution in [0.3, 0.4) is 0 Å². The fourth-order valence-corrected chi connectivity index (χ4v) is 1.33. The Labute approximate surface area is 103 Å². The van der Waals surface area contributed by atoms with Crippen LogP contribution in [0.5, 0.6) is 0 Å². The summed E-state index contributed by atoms with van der Waals surface area (Å²) in [6.45, 7) is 0.894. The Hall–Kier alpha value is -2.17. The lowest BCUT2D eigenvalue weighted by Crippen LogP contribution is -2.42. The normalized spacial score (nSPS) is 10.8. The summed E-state index contributed by atoms with van der Waals surface area (Å²) in [6.07, 6.45) is 0. The molecule has 1 rings (SSSR count). The number of hydrogen-bond donors (Lipinski definition) is 3. The first-order valence-electron chi connectivity index (χ1n) is 5.14. The van der Waals surface area contributed by atoms with Gasteiger partial charge in [0.2, 0.25) is 0 Å². The van der Waals surface area contributed by atoms with E-state index in [9.17, 15) is 10.1 Å². The molecule has 0 spiro atoms. The second-order valence-corrected chi connectivity index (χ2v) is 4.10. The lowest BCUT2D eigenvalue weighted by molar-refractivity contribution is -0.385. The molecule has 1 aromatic carbocycles. The van der Waals surface area contributed by atoms with Crippen LogP contribution in [-0.2, 0) is 0 Å². The molecule has 0 saturated heterocycles. The molecule has 0 aromatic heterocycles. The summed E-state index contributed by atoms with van der Waals surface area (Å²) in [7, 11) is 0. The molecular formula is C11H13N3O4. The summed E-state index contributed by atoms with van der Waals surface area (Å²) >= 11 is 0. The predicted octanol–water partition coefficient (Wildman–Crippen LogP) is 0.622. The number of nitro groups is 1. The van der Waals surface area contributed by atoms with E-state index in [1.54, 1.807) is 13.0 Å². The number of nitrogens with zero attached hydrogens (tertiary/aromatic N) is 2. The van der Waals surface area contributed by atoms with Crippen molar-refractivity contribution < 1.29 is 15.1 Å². The maximum atomic E-state index is 10.8. The van der Waals surface area contributed by atoms with Crippen molar-refractivity contribution in [3.05, 3.63) is 33.9 Å². The van der Waals surface area contributed by atoms with E-state index in [1.165, 1.54) is 18.2 Å². The molecule has 0 bridgehead atoms.